The highest BCUT2D eigenvalue weighted by Gasteiger charge is 2.38. The van der Waals surface area contributed by atoms with Gasteiger partial charge in [-0.1, -0.05) is 0 Å². The fourth-order valence-corrected chi connectivity index (χ4v) is 3.52. The number of hydrogen-bond donors (Lipinski definition) is 0. The van der Waals surface area contributed by atoms with Gasteiger partial charge in [-0.05, 0) is 31.2 Å². The number of nitrogens with zero attached hydrogens (tertiary/aromatic N) is 5. The van der Waals surface area contributed by atoms with Gasteiger partial charge in [-0.25, -0.2) is 4.68 Å². The zero-order chi connectivity index (χ0) is 18.3. The molecule has 0 N–H and O–H groups in total. The highest BCUT2D eigenvalue weighted by atomic mass is 19.4. The summed E-state index contributed by atoms with van der Waals surface area (Å²) in [6.07, 6.45) is -0.603. The van der Waals surface area contributed by atoms with Gasteiger partial charge in [0.1, 0.15) is 0 Å². The van der Waals surface area contributed by atoms with E-state index in [-0.39, 0.29) is 23.9 Å². The number of likely N-dealkylation sites (tertiary alicyclic amines) is 1. The molecule has 0 aromatic carbocycles. The molecule has 0 radical (unpaired) electrons. The monoisotopic (exact) mass is 369 g/mol. The Balaban J connectivity index is 1.33. The molecule has 7 nitrogen and oxygen atoms in total. The third-order valence-electron chi connectivity index (χ3n) is 4.81. The minimum Gasteiger partial charge on any atom is -0.416 e. The molecule has 1 aliphatic carbocycles. The zero-order valence-electron chi connectivity index (χ0n) is 14.0. The van der Waals surface area contributed by atoms with E-state index in [0.717, 1.165) is 36.9 Å². The Kier molecular flexibility index (Phi) is 4.29. The number of aryl methyl sites for hydroxylation is 2. The molecule has 1 saturated heterocycles. The zero-order valence-corrected chi connectivity index (χ0v) is 14.0. The summed E-state index contributed by atoms with van der Waals surface area (Å²) in [6, 6.07) is 1.69. The van der Waals surface area contributed by atoms with Crippen LogP contribution in [0, 0.1) is 5.92 Å². The van der Waals surface area contributed by atoms with Crippen LogP contribution in [-0.2, 0) is 32.1 Å². The van der Waals surface area contributed by atoms with Gasteiger partial charge in [0.15, 0.2) is 0 Å². The highest BCUT2D eigenvalue weighted by Crippen LogP contribution is 2.28. The van der Waals surface area contributed by atoms with Gasteiger partial charge in [0.2, 0.25) is 5.89 Å². The van der Waals surface area contributed by atoms with Crippen LogP contribution in [-0.4, -0.2) is 38.0 Å². The molecule has 26 heavy (non-hydrogen) atoms. The second kappa shape index (κ2) is 6.49. The molecule has 2 aliphatic rings. The van der Waals surface area contributed by atoms with Gasteiger partial charge < -0.3 is 4.42 Å². The Morgan fingerprint density at radius 3 is 2.69 bits per heavy atom. The van der Waals surface area contributed by atoms with Crippen LogP contribution in [0.1, 0.15) is 35.9 Å². The smallest absolute Gasteiger partial charge is 0.416 e. The molecular formula is C16H18F3N5O2. The first-order chi connectivity index (χ1) is 12.4. The normalized spacial score (nSPS) is 18.6. The number of fused-ring (bicyclic) bond motifs is 1. The van der Waals surface area contributed by atoms with Crippen molar-refractivity contribution in [2.45, 2.75) is 44.9 Å². The first-order valence-electron chi connectivity index (χ1n) is 8.60. The van der Waals surface area contributed by atoms with Crippen LogP contribution in [0.2, 0.25) is 0 Å². The van der Waals surface area contributed by atoms with E-state index in [9.17, 15) is 18.0 Å². The molecule has 0 amide bonds. The molecule has 0 bridgehead atoms. The number of aromatic nitrogens is 4. The molecule has 1 fully saturated rings. The minimum absolute atomic E-state index is 0.0557. The standard InChI is InChI=1S/C16H18F3N5O2/c17-16(18,19)15-21-20-13(26-15)9-23-6-10(7-23)8-24-14(25)5-11-3-1-2-4-12(11)22-24/h5,10H,1-4,6-9H2. The summed E-state index contributed by atoms with van der Waals surface area (Å²) in [6.45, 7) is 1.98. The molecule has 1 aliphatic heterocycles. The van der Waals surface area contributed by atoms with Crippen molar-refractivity contribution < 1.29 is 17.6 Å². The van der Waals surface area contributed by atoms with Crippen LogP contribution in [0.5, 0.6) is 0 Å². The Labute approximate surface area is 146 Å². The Hall–Kier alpha value is -2.23. The van der Waals surface area contributed by atoms with E-state index in [1.54, 1.807) is 6.07 Å². The van der Waals surface area contributed by atoms with Gasteiger partial charge in [-0.2, -0.15) is 18.3 Å². The van der Waals surface area contributed by atoms with Gasteiger partial charge in [-0.15, -0.1) is 10.2 Å². The van der Waals surface area contributed by atoms with Crippen LogP contribution in [0.4, 0.5) is 13.2 Å². The summed E-state index contributed by atoms with van der Waals surface area (Å²) < 4.78 is 43.5. The number of hydrogen-bond acceptors (Lipinski definition) is 6. The lowest BCUT2D eigenvalue weighted by Gasteiger charge is -2.38. The second-order valence-corrected chi connectivity index (χ2v) is 6.90. The maximum absolute atomic E-state index is 12.4. The van der Waals surface area contributed by atoms with Crippen LogP contribution >= 0.6 is 0 Å². The summed E-state index contributed by atoms with van der Waals surface area (Å²) in [4.78, 5) is 14.1. The molecule has 2 aromatic rings. The van der Waals surface area contributed by atoms with Crippen molar-refractivity contribution in [1.29, 1.82) is 0 Å². The molecular weight excluding hydrogens is 351 g/mol. The molecule has 4 rings (SSSR count). The fourth-order valence-electron chi connectivity index (χ4n) is 3.52. The van der Waals surface area contributed by atoms with Gasteiger partial charge in [0.25, 0.3) is 5.56 Å². The van der Waals surface area contributed by atoms with Crippen molar-refractivity contribution in [3.63, 3.8) is 0 Å². The van der Waals surface area contributed by atoms with Crippen molar-refractivity contribution >= 4 is 0 Å². The number of halogens is 3. The van der Waals surface area contributed by atoms with E-state index in [1.165, 1.54) is 4.68 Å². The van der Waals surface area contributed by atoms with Crippen LogP contribution in [0.15, 0.2) is 15.3 Å². The van der Waals surface area contributed by atoms with Crippen LogP contribution in [0.25, 0.3) is 0 Å². The van der Waals surface area contributed by atoms with E-state index < -0.39 is 12.1 Å². The molecule has 10 heteroatoms. The quantitative estimate of drug-likeness (QED) is 0.816. The van der Waals surface area contributed by atoms with E-state index >= 15 is 0 Å². The van der Waals surface area contributed by atoms with Crippen molar-refractivity contribution in [3.05, 3.63) is 39.5 Å². The van der Waals surface area contributed by atoms with E-state index in [0.29, 0.717) is 19.6 Å². The molecule has 0 spiro atoms. The molecule has 0 saturated carbocycles. The third kappa shape index (κ3) is 3.50. The summed E-state index contributed by atoms with van der Waals surface area (Å²) in [7, 11) is 0. The SMILES string of the molecule is O=c1cc2c(nn1CC1CN(Cc3nnc(C(F)(F)F)o3)C1)CCCC2. The lowest BCUT2D eigenvalue weighted by Crippen LogP contribution is -2.49. The average Bonchev–Trinajstić information content (AvgIpc) is 3.02. The summed E-state index contributed by atoms with van der Waals surface area (Å²) in [5.41, 5.74) is 1.98. The van der Waals surface area contributed by atoms with E-state index in [4.69, 9.17) is 0 Å². The summed E-state index contributed by atoms with van der Waals surface area (Å²) >= 11 is 0. The van der Waals surface area contributed by atoms with E-state index in [1.807, 2.05) is 4.90 Å². The highest BCUT2D eigenvalue weighted by molar-refractivity contribution is 5.20. The molecule has 0 atom stereocenters. The predicted molar refractivity (Wildman–Crippen MR) is 83.2 cm³/mol. The van der Waals surface area contributed by atoms with Gasteiger partial charge in [-0.3, -0.25) is 9.69 Å². The largest absolute Gasteiger partial charge is 0.470 e. The Morgan fingerprint density at radius 1 is 1.19 bits per heavy atom. The Bertz CT molecular complexity index is 854. The Morgan fingerprint density at radius 2 is 1.96 bits per heavy atom. The van der Waals surface area contributed by atoms with Crippen LogP contribution in [0.3, 0.4) is 0 Å². The topological polar surface area (TPSA) is 77.1 Å². The van der Waals surface area contributed by atoms with Gasteiger partial charge in [0, 0.05) is 25.1 Å². The van der Waals surface area contributed by atoms with Gasteiger partial charge >= 0.3 is 12.1 Å². The maximum Gasteiger partial charge on any atom is 0.470 e. The first kappa shape index (κ1) is 17.2. The number of rotatable bonds is 4. The van der Waals surface area contributed by atoms with Gasteiger partial charge in [0.05, 0.1) is 18.8 Å². The van der Waals surface area contributed by atoms with Crippen molar-refractivity contribution in [2.75, 3.05) is 13.1 Å². The lowest BCUT2D eigenvalue weighted by molar-refractivity contribution is -0.157. The van der Waals surface area contributed by atoms with Crippen LogP contribution < -0.4 is 5.56 Å². The maximum atomic E-state index is 12.4. The van der Waals surface area contributed by atoms with Crippen molar-refractivity contribution in [1.82, 2.24) is 24.9 Å². The molecule has 0 unspecified atom stereocenters. The fraction of sp³-hybridized carbons (Fsp3) is 0.625. The average molecular weight is 369 g/mol. The molecule has 2 aromatic heterocycles. The van der Waals surface area contributed by atoms with E-state index in [2.05, 4.69) is 19.7 Å². The second-order valence-electron chi connectivity index (χ2n) is 6.90. The molecule has 3 heterocycles. The minimum atomic E-state index is -4.62. The summed E-state index contributed by atoms with van der Waals surface area (Å²) in [5.74, 6) is -1.15. The summed E-state index contributed by atoms with van der Waals surface area (Å²) in [5, 5.41) is 10.9. The lowest BCUT2D eigenvalue weighted by atomic mass is 9.96. The van der Waals surface area contributed by atoms with Crippen molar-refractivity contribution in [2.24, 2.45) is 5.92 Å². The third-order valence-corrected chi connectivity index (χ3v) is 4.81. The number of alkyl halides is 3. The van der Waals surface area contributed by atoms with Crippen molar-refractivity contribution in [3.8, 4) is 0 Å². The first-order valence-corrected chi connectivity index (χ1v) is 8.60. The molecule has 140 valence electrons. The predicted octanol–water partition coefficient (Wildman–Crippen LogP) is 1.66.